The highest BCUT2D eigenvalue weighted by Gasteiger charge is 2.53. The van der Waals surface area contributed by atoms with Gasteiger partial charge in [0, 0.05) is 38.4 Å². The maximum absolute atomic E-state index is 6.36. The number of imidazole rings is 1. The second-order valence-electron chi connectivity index (χ2n) is 7.06. The van der Waals surface area contributed by atoms with E-state index in [9.17, 15) is 0 Å². The zero-order valence-corrected chi connectivity index (χ0v) is 14.4. The number of methoxy groups -OCH3 is 1. The first-order valence-electron chi connectivity index (χ1n) is 8.63. The smallest absolute Gasteiger partial charge is 0.109 e. The molecule has 1 spiro atoms. The Kier molecular flexibility index (Phi) is 4.16. The molecular formula is C19H25N3O2. The number of rotatable bonds is 4. The molecule has 1 N–H and O–H groups in total. The number of nitrogens with zero attached hydrogens (tertiary/aromatic N) is 2. The van der Waals surface area contributed by atoms with Crippen LogP contribution >= 0.6 is 0 Å². The minimum atomic E-state index is -0.195. The zero-order valence-electron chi connectivity index (χ0n) is 14.4. The van der Waals surface area contributed by atoms with E-state index in [4.69, 9.17) is 9.47 Å². The molecule has 5 nitrogen and oxygen atoms in total. The van der Waals surface area contributed by atoms with E-state index in [1.165, 1.54) is 5.56 Å². The number of aromatic amines is 1. The van der Waals surface area contributed by atoms with Crippen LogP contribution in [0.3, 0.4) is 0 Å². The van der Waals surface area contributed by atoms with Gasteiger partial charge in [-0.25, -0.2) is 4.98 Å². The number of nitrogens with one attached hydrogen (secondary N) is 1. The molecule has 4 rings (SSSR count). The molecule has 0 unspecified atom stereocenters. The van der Waals surface area contributed by atoms with Gasteiger partial charge in [0.15, 0.2) is 0 Å². The fourth-order valence-electron chi connectivity index (χ4n) is 4.19. The van der Waals surface area contributed by atoms with Gasteiger partial charge in [-0.15, -0.1) is 0 Å². The van der Waals surface area contributed by atoms with Crippen LogP contribution < -0.4 is 0 Å². The number of hydrogen-bond donors (Lipinski definition) is 1. The zero-order chi connectivity index (χ0) is 16.6. The van der Waals surface area contributed by atoms with Gasteiger partial charge in [0.25, 0.3) is 0 Å². The SMILES string of the molecule is CO[C@@H]1CN(Cc2nc[nH]c2C)C[C@]12C[C@H](c1ccccc1)CO2. The molecule has 1 aromatic carbocycles. The lowest BCUT2D eigenvalue weighted by Crippen LogP contribution is -2.42. The Hall–Kier alpha value is -1.69. The van der Waals surface area contributed by atoms with Crippen molar-refractivity contribution in [2.75, 3.05) is 26.8 Å². The summed E-state index contributed by atoms with van der Waals surface area (Å²) in [6.07, 6.45) is 2.90. The molecular weight excluding hydrogens is 302 g/mol. The first kappa shape index (κ1) is 15.8. The highest BCUT2D eigenvalue weighted by atomic mass is 16.6. The van der Waals surface area contributed by atoms with Crippen molar-refractivity contribution in [1.29, 1.82) is 0 Å². The van der Waals surface area contributed by atoms with Gasteiger partial charge in [0.05, 0.1) is 24.7 Å². The monoisotopic (exact) mass is 327 g/mol. The Morgan fingerprint density at radius 1 is 1.38 bits per heavy atom. The molecule has 2 aliphatic rings. The lowest BCUT2D eigenvalue weighted by molar-refractivity contribution is -0.0757. The Morgan fingerprint density at radius 2 is 2.21 bits per heavy atom. The molecule has 1 aromatic heterocycles. The van der Waals surface area contributed by atoms with E-state index in [-0.39, 0.29) is 11.7 Å². The molecule has 24 heavy (non-hydrogen) atoms. The summed E-state index contributed by atoms with van der Waals surface area (Å²) in [6.45, 7) is 5.49. The standard InChI is InChI=1S/C19H25N3O2/c1-14-17(21-13-20-14)9-22-10-18(23-2)19(12-22)8-16(11-24-19)15-6-4-3-5-7-15/h3-7,13,16,18H,8-12H2,1-2H3,(H,20,21)/t16-,18+,19+/m0/s1. The van der Waals surface area contributed by atoms with Crippen molar-refractivity contribution in [2.45, 2.75) is 37.5 Å². The summed E-state index contributed by atoms with van der Waals surface area (Å²) < 4.78 is 12.2. The van der Waals surface area contributed by atoms with Crippen LogP contribution in [0.25, 0.3) is 0 Å². The summed E-state index contributed by atoms with van der Waals surface area (Å²) >= 11 is 0. The number of aromatic nitrogens is 2. The molecule has 0 radical (unpaired) electrons. The lowest BCUT2D eigenvalue weighted by Gasteiger charge is -2.28. The van der Waals surface area contributed by atoms with Gasteiger partial charge in [-0.3, -0.25) is 4.90 Å². The third-order valence-corrected chi connectivity index (χ3v) is 5.53. The summed E-state index contributed by atoms with van der Waals surface area (Å²) in [5.41, 5.74) is 3.42. The van der Waals surface area contributed by atoms with E-state index in [1.807, 2.05) is 0 Å². The largest absolute Gasteiger partial charge is 0.377 e. The molecule has 3 atom stereocenters. The number of aryl methyl sites for hydroxylation is 1. The van der Waals surface area contributed by atoms with E-state index in [2.05, 4.69) is 52.1 Å². The van der Waals surface area contributed by atoms with Gasteiger partial charge < -0.3 is 14.5 Å². The van der Waals surface area contributed by atoms with Gasteiger partial charge in [0.1, 0.15) is 5.60 Å². The van der Waals surface area contributed by atoms with Crippen molar-refractivity contribution in [3.63, 3.8) is 0 Å². The van der Waals surface area contributed by atoms with Crippen LogP contribution in [-0.2, 0) is 16.0 Å². The summed E-state index contributed by atoms with van der Waals surface area (Å²) in [7, 11) is 1.80. The molecule has 0 bridgehead atoms. The fraction of sp³-hybridized carbons (Fsp3) is 0.526. The van der Waals surface area contributed by atoms with E-state index in [0.29, 0.717) is 5.92 Å². The topological polar surface area (TPSA) is 50.4 Å². The number of likely N-dealkylation sites (tertiary alicyclic amines) is 1. The van der Waals surface area contributed by atoms with Crippen LogP contribution in [0.15, 0.2) is 36.7 Å². The summed E-state index contributed by atoms with van der Waals surface area (Å²) in [4.78, 5) is 9.99. The third-order valence-electron chi connectivity index (χ3n) is 5.53. The Labute approximate surface area is 143 Å². The summed E-state index contributed by atoms with van der Waals surface area (Å²) in [5, 5.41) is 0. The van der Waals surface area contributed by atoms with Crippen molar-refractivity contribution in [1.82, 2.24) is 14.9 Å². The molecule has 0 amide bonds. The van der Waals surface area contributed by atoms with E-state index in [0.717, 1.165) is 44.0 Å². The quantitative estimate of drug-likeness (QED) is 0.937. The van der Waals surface area contributed by atoms with Crippen LogP contribution in [0, 0.1) is 6.92 Å². The molecule has 2 aromatic rings. The molecule has 128 valence electrons. The van der Waals surface area contributed by atoms with Crippen LogP contribution in [0.1, 0.15) is 29.3 Å². The number of benzene rings is 1. The Morgan fingerprint density at radius 3 is 2.92 bits per heavy atom. The maximum atomic E-state index is 6.36. The highest BCUT2D eigenvalue weighted by Crippen LogP contribution is 2.43. The average Bonchev–Trinajstić information content (AvgIpc) is 3.30. The van der Waals surface area contributed by atoms with Gasteiger partial charge in [-0.2, -0.15) is 0 Å². The fourth-order valence-corrected chi connectivity index (χ4v) is 4.19. The Balaban J connectivity index is 1.49. The van der Waals surface area contributed by atoms with Crippen LogP contribution in [0.5, 0.6) is 0 Å². The third kappa shape index (κ3) is 2.77. The predicted molar refractivity (Wildman–Crippen MR) is 91.9 cm³/mol. The van der Waals surface area contributed by atoms with Gasteiger partial charge in [-0.1, -0.05) is 30.3 Å². The summed E-state index contributed by atoms with van der Waals surface area (Å²) in [6, 6.07) is 10.7. The average molecular weight is 327 g/mol. The number of H-pyrrole nitrogens is 1. The Bertz CT molecular complexity index is 687. The number of hydrogen-bond acceptors (Lipinski definition) is 4. The molecule has 2 saturated heterocycles. The van der Waals surface area contributed by atoms with E-state index < -0.39 is 0 Å². The summed E-state index contributed by atoms with van der Waals surface area (Å²) in [5.74, 6) is 0.455. The van der Waals surface area contributed by atoms with E-state index >= 15 is 0 Å². The van der Waals surface area contributed by atoms with E-state index in [1.54, 1.807) is 13.4 Å². The molecule has 2 fully saturated rings. The molecule has 5 heteroatoms. The first-order chi connectivity index (χ1) is 11.7. The maximum Gasteiger partial charge on any atom is 0.109 e. The van der Waals surface area contributed by atoms with Crippen molar-refractivity contribution in [3.05, 3.63) is 53.6 Å². The van der Waals surface area contributed by atoms with Crippen molar-refractivity contribution in [2.24, 2.45) is 0 Å². The molecule has 0 aliphatic carbocycles. The van der Waals surface area contributed by atoms with Crippen LogP contribution in [0.2, 0.25) is 0 Å². The second kappa shape index (κ2) is 6.31. The predicted octanol–water partition coefficient (Wildman–Crippen LogP) is 2.49. The molecule has 0 saturated carbocycles. The minimum absolute atomic E-state index is 0.116. The molecule has 2 aliphatic heterocycles. The van der Waals surface area contributed by atoms with Crippen LogP contribution in [-0.4, -0.2) is 53.4 Å². The van der Waals surface area contributed by atoms with Crippen molar-refractivity contribution < 1.29 is 9.47 Å². The van der Waals surface area contributed by atoms with Gasteiger partial charge >= 0.3 is 0 Å². The first-order valence-corrected chi connectivity index (χ1v) is 8.63. The second-order valence-corrected chi connectivity index (χ2v) is 7.06. The van der Waals surface area contributed by atoms with Gasteiger partial charge in [-0.05, 0) is 18.9 Å². The van der Waals surface area contributed by atoms with Crippen LogP contribution in [0.4, 0.5) is 0 Å². The van der Waals surface area contributed by atoms with Crippen molar-refractivity contribution >= 4 is 0 Å². The molecule has 3 heterocycles. The normalized spacial score (nSPS) is 30.4. The lowest BCUT2D eigenvalue weighted by atomic mass is 9.87. The van der Waals surface area contributed by atoms with Gasteiger partial charge in [0.2, 0.25) is 0 Å². The number of ether oxygens (including phenoxy) is 2. The highest BCUT2D eigenvalue weighted by molar-refractivity contribution is 5.23. The minimum Gasteiger partial charge on any atom is -0.377 e. The van der Waals surface area contributed by atoms with Crippen molar-refractivity contribution in [3.8, 4) is 0 Å².